The number of nitrogens with two attached hydrogens (primary N) is 1. The van der Waals surface area contributed by atoms with Crippen LogP contribution in [0.3, 0.4) is 0 Å². The zero-order valence-corrected chi connectivity index (χ0v) is 9.55. The van der Waals surface area contributed by atoms with E-state index >= 15 is 0 Å². The van der Waals surface area contributed by atoms with Crippen molar-refractivity contribution in [1.29, 1.82) is 0 Å². The molecule has 2 unspecified atom stereocenters. The predicted molar refractivity (Wildman–Crippen MR) is 59.0 cm³/mol. The van der Waals surface area contributed by atoms with Crippen molar-refractivity contribution in [2.75, 3.05) is 6.61 Å². The first kappa shape index (κ1) is 13.7. The normalized spacial score (nSPS) is 25.3. The summed E-state index contributed by atoms with van der Waals surface area (Å²) in [5.41, 5.74) is 6.94. The Morgan fingerprint density at radius 3 is 2.71 bits per heavy atom. The molecule has 1 aromatic rings. The van der Waals surface area contributed by atoms with E-state index in [1.807, 2.05) is 17.8 Å². The molecule has 0 aliphatic carbocycles. The molecule has 6 heteroatoms. The van der Waals surface area contributed by atoms with Gasteiger partial charge >= 0.3 is 0 Å². The zero-order chi connectivity index (χ0) is 8.55. The summed E-state index contributed by atoms with van der Waals surface area (Å²) in [6.45, 7) is 0.761. The largest absolute Gasteiger partial charge is 0.370 e. The number of ether oxygens (including phenoxy) is 1. The summed E-state index contributed by atoms with van der Waals surface area (Å²) < 4.78 is 7.32. The molecule has 2 atom stereocenters. The molecule has 1 aromatic heterocycles. The lowest BCUT2D eigenvalue weighted by Gasteiger charge is -2.14. The molecule has 0 spiro atoms. The summed E-state index contributed by atoms with van der Waals surface area (Å²) in [6.07, 6.45) is 2.75. The summed E-state index contributed by atoms with van der Waals surface area (Å²) in [6, 6.07) is 2.08. The quantitative estimate of drug-likeness (QED) is 0.798. The van der Waals surface area contributed by atoms with Crippen LogP contribution in [-0.2, 0) is 11.8 Å². The van der Waals surface area contributed by atoms with Crippen molar-refractivity contribution in [1.82, 2.24) is 9.78 Å². The SMILES string of the molecule is Cl.Cl.Cn1nccc1C1OCCC1N. The van der Waals surface area contributed by atoms with Crippen LogP contribution in [-0.4, -0.2) is 22.4 Å². The van der Waals surface area contributed by atoms with Gasteiger partial charge in [0.25, 0.3) is 0 Å². The third-order valence-corrected chi connectivity index (χ3v) is 2.29. The third kappa shape index (κ3) is 2.39. The van der Waals surface area contributed by atoms with Gasteiger partial charge in [0.2, 0.25) is 0 Å². The average Bonchev–Trinajstić information content (AvgIpc) is 2.59. The number of rotatable bonds is 1. The smallest absolute Gasteiger partial charge is 0.114 e. The highest BCUT2D eigenvalue weighted by Crippen LogP contribution is 2.26. The van der Waals surface area contributed by atoms with Crippen LogP contribution in [0.4, 0.5) is 0 Å². The predicted octanol–water partition coefficient (Wildman–Crippen LogP) is 1.05. The van der Waals surface area contributed by atoms with E-state index in [1.165, 1.54) is 0 Å². The van der Waals surface area contributed by atoms with Crippen molar-refractivity contribution in [2.45, 2.75) is 18.6 Å². The lowest BCUT2D eigenvalue weighted by Crippen LogP contribution is -2.25. The van der Waals surface area contributed by atoms with Crippen molar-refractivity contribution in [3.8, 4) is 0 Å². The second-order valence-electron chi connectivity index (χ2n) is 3.12. The topological polar surface area (TPSA) is 53.1 Å². The average molecular weight is 240 g/mol. The molecule has 0 saturated carbocycles. The second-order valence-corrected chi connectivity index (χ2v) is 3.12. The fourth-order valence-corrected chi connectivity index (χ4v) is 1.57. The van der Waals surface area contributed by atoms with Crippen molar-refractivity contribution >= 4 is 24.8 Å². The highest BCUT2D eigenvalue weighted by Gasteiger charge is 2.28. The molecule has 1 aliphatic heterocycles. The fourth-order valence-electron chi connectivity index (χ4n) is 1.57. The minimum atomic E-state index is 0. The molecule has 0 aromatic carbocycles. The van der Waals surface area contributed by atoms with Crippen LogP contribution in [0.25, 0.3) is 0 Å². The van der Waals surface area contributed by atoms with Gasteiger partial charge in [0.15, 0.2) is 0 Å². The Hall–Kier alpha value is -0.290. The summed E-state index contributed by atoms with van der Waals surface area (Å²) in [5, 5.41) is 4.08. The molecule has 1 aliphatic rings. The molecule has 1 saturated heterocycles. The van der Waals surface area contributed by atoms with Gasteiger partial charge in [0.1, 0.15) is 6.10 Å². The Morgan fingerprint density at radius 1 is 1.57 bits per heavy atom. The van der Waals surface area contributed by atoms with E-state index in [1.54, 1.807) is 6.20 Å². The zero-order valence-electron chi connectivity index (χ0n) is 7.92. The molecule has 1 fully saturated rings. The summed E-state index contributed by atoms with van der Waals surface area (Å²) in [5.74, 6) is 0. The van der Waals surface area contributed by atoms with Crippen molar-refractivity contribution < 1.29 is 4.74 Å². The lowest BCUT2D eigenvalue weighted by atomic mass is 10.1. The minimum absolute atomic E-state index is 0. The van der Waals surface area contributed by atoms with Crippen LogP contribution in [0, 0.1) is 0 Å². The molecule has 2 rings (SSSR count). The fraction of sp³-hybridized carbons (Fsp3) is 0.625. The number of aromatic nitrogens is 2. The van der Waals surface area contributed by atoms with Crippen molar-refractivity contribution in [3.05, 3.63) is 18.0 Å². The van der Waals surface area contributed by atoms with E-state index in [9.17, 15) is 0 Å². The van der Waals surface area contributed by atoms with Crippen LogP contribution >= 0.6 is 24.8 Å². The molecule has 0 amide bonds. The van der Waals surface area contributed by atoms with Crippen LogP contribution in [0.2, 0.25) is 0 Å². The molecule has 14 heavy (non-hydrogen) atoms. The van der Waals surface area contributed by atoms with Crippen LogP contribution in [0.15, 0.2) is 12.3 Å². The molecule has 2 N–H and O–H groups in total. The molecular formula is C8H15Cl2N3O. The van der Waals surface area contributed by atoms with E-state index < -0.39 is 0 Å². The van der Waals surface area contributed by atoms with Crippen LogP contribution < -0.4 is 5.73 Å². The van der Waals surface area contributed by atoms with Crippen molar-refractivity contribution in [2.24, 2.45) is 12.8 Å². The van der Waals surface area contributed by atoms with Gasteiger partial charge in [-0.15, -0.1) is 24.8 Å². The first-order valence-corrected chi connectivity index (χ1v) is 4.14. The number of hydrogen-bond donors (Lipinski definition) is 1. The van der Waals surface area contributed by atoms with Gasteiger partial charge in [-0.2, -0.15) is 5.10 Å². The van der Waals surface area contributed by atoms with Gasteiger partial charge in [0.05, 0.1) is 5.69 Å². The highest BCUT2D eigenvalue weighted by atomic mass is 35.5. The van der Waals surface area contributed by atoms with Gasteiger partial charge in [-0.3, -0.25) is 4.68 Å². The molecule has 0 bridgehead atoms. The monoisotopic (exact) mass is 239 g/mol. The standard InChI is InChI=1S/C8H13N3O.2ClH/c1-11-7(2-4-10-11)8-6(9)3-5-12-8;;/h2,4,6,8H,3,5,9H2,1H3;2*1H. The van der Waals surface area contributed by atoms with Crippen molar-refractivity contribution in [3.63, 3.8) is 0 Å². The number of aryl methyl sites for hydroxylation is 1. The number of nitrogens with zero attached hydrogens (tertiary/aromatic N) is 2. The molecule has 2 heterocycles. The van der Waals surface area contributed by atoms with E-state index in [2.05, 4.69) is 5.10 Å². The summed E-state index contributed by atoms with van der Waals surface area (Å²) >= 11 is 0. The van der Waals surface area contributed by atoms with Crippen LogP contribution in [0.5, 0.6) is 0 Å². The van der Waals surface area contributed by atoms with Gasteiger partial charge in [-0.1, -0.05) is 0 Å². The lowest BCUT2D eigenvalue weighted by molar-refractivity contribution is 0.0983. The molecule has 82 valence electrons. The first-order chi connectivity index (χ1) is 5.79. The van der Waals surface area contributed by atoms with Gasteiger partial charge in [0, 0.05) is 25.9 Å². The van der Waals surface area contributed by atoms with E-state index in [4.69, 9.17) is 10.5 Å². The van der Waals surface area contributed by atoms with Crippen LogP contribution in [0.1, 0.15) is 18.2 Å². The Labute approximate surface area is 95.6 Å². The van der Waals surface area contributed by atoms with E-state index in [0.717, 1.165) is 18.7 Å². The molecule has 4 nitrogen and oxygen atoms in total. The van der Waals surface area contributed by atoms with Gasteiger partial charge < -0.3 is 10.5 Å². The Kier molecular flexibility index (Phi) is 5.44. The van der Waals surface area contributed by atoms with E-state index in [-0.39, 0.29) is 37.0 Å². The minimum Gasteiger partial charge on any atom is -0.370 e. The number of halogens is 2. The Bertz CT molecular complexity index is 279. The molecule has 0 radical (unpaired) electrons. The van der Waals surface area contributed by atoms with Gasteiger partial charge in [-0.05, 0) is 12.5 Å². The Balaban J connectivity index is 0.000000845. The van der Waals surface area contributed by atoms with Gasteiger partial charge in [-0.25, -0.2) is 0 Å². The summed E-state index contributed by atoms with van der Waals surface area (Å²) in [7, 11) is 1.91. The first-order valence-electron chi connectivity index (χ1n) is 4.14. The highest BCUT2D eigenvalue weighted by molar-refractivity contribution is 5.85. The van der Waals surface area contributed by atoms with E-state index in [0.29, 0.717) is 0 Å². The maximum atomic E-state index is 5.87. The third-order valence-electron chi connectivity index (χ3n) is 2.29. The summed E-state index contributed by atoms with van der Waals surface area (Å²) in [4.78, 5) is 0. The second kappa shape index (κ2) is 5.56. The molecular weight excluding hydrogens is 225 g/mol. The Morgan fingerprint density at radius 2 is 2.29 bits per heavy atom. The maximum absolute atomic E-state index is 5.87. The maximum Gasteiger partial charge on any atom is 0.114 e. The number of hydrogen-bond acceptors (Lipinski definition) is 3.